The molecule has 11 heteroatoms. The second kappa shape index (κ2) is 10.4. The molecule has 4 aromatic rings. The number of hydrogen-bond donors (Lipinski definition) is 1. The fraction of sp³-hybridized carbons (Fsp3) is 0.370. The Morgan fingerprint density at radius 1 is 0.947 bits per heavy atom. The molecular weight excluding hydrogens is 487 g/mol. The van der Waals surface area contributed by atoms with E-state index in [0.717, 1.165) is 28.6 Å². The Morgan fingerprint density at radius 3 is 2.45 bits per heavy atom. The van der Waals surface area contributed by atoms with Crippen molar-refractivity contribution < 1.29 is 14.3 Å². The van der Waals surface area contributed by atoms with Crippen LogP contribution in [0.5, 0.6) is 0 Å². The number of anilines is 2. The van der Waals surface area contributed by atoms with E-state index < -0.39 is 6.17 Å². The normalized spacial score (nSPS) is 18.2. The van der Waals surface area contributed by atoms with E-state index in [2.05, 4.69) is 34.6 Å². The van der Waals surface area contributed by atoms with E-state index in [1.165, 1.54) is 12.1 Å². The van der Waals surface area contributed by atoms with Crippen LogP contribution in [0.25, 0.3) is 22.3 Å². The fourth-order valence-corrected chi connectivity index (χ4v) is 5.32. The Kier molecular flexibility index (Phi) is 6.69. The van der Waals surface area contributed by atoms with Gasteiger partial charge in [-0.25, -0.2) is 24.3 Å². The summed E-state index contributed by atoms with van der Waals surface area (Å²) in [4.78, 5) is 36.4. The average Bonchev–Trinajstić information content (AvgIpc) is 3.38. The number of nitrogens with zero attached hydrogens (tertiary/aromatic N) is 8. The van der Waals surface area contributed by atoms with E-state index in [1.807, 2.05) is 16.7 Å². The van der Waals surface area contributed by atoms with Crippen LogP contribution in [0.1, 0.15) is 19.0 Å². The molecule has 1 N–H and O–H groups in total. The van der Waals surface area contributed by atoms with Gasteiger partial charge in [-0.05, 0) is 43.2 Å². The van der Waals surface area contributed by atoms with Gasteiger partial charge < -0.3 is 14.9 Å². The molecule has 38 heavy (non-hydrogen) atoms. The average molecular weight is 517 g/mol. The lowest BCUT2D eigenvalue weighted by molar-refractivity contribution is -0.115. The molecular formula is C27H29FN8O2. The van der Waals surface area contributed by atoms with Gasteiger partial charge in [0.15, 0.2) is 11.9 Å². The van der Waals surface area contributed by atoms with E-state index in [0.29, 0.717) is 63.7 Å². The van der Waals surface area contributed by atoms with E-state index in [9.17, 15) is 14.3 Å². The molecule has 0 bridgehead atoms. The Labute approximate surface area is 219 Å². The Morgan fingerprint density at radius 2 is 1.71 bits per heavy atom. The van der Waals surface area contributed by atoms with Crippen LogP contribution >= 0.6 is 0 Å². The highest BCUT2D eigenvalue weighted by Crippen LogP contribution is 2.33. The highest BCUT2D eigenvalue weighted by atomic mass is 19.1. The molecule has 2 aliphatic heterocycles. The molecule has 196 valence electrons. The Hall–Kier alpha value is -3.96. The predicted molar refractivity (Wildman–Crippen MR) is 141 cm³/mol. The summed E-state index contributed by atoms with van der Waals surface area (Å²) in [7, 11) is 0. The van der Waals surface area contributed by atoms with Crippen LogP contribution in [0.3, 0.4) is 0 Å². The SMILES string of the molecule is O=CC(N1CCN(c2ccc(F)cc2-c2cnc(N3CCC(O)CC3)nc2)CC1)n1cnc2cccnc21. The standard InChI is InChI=1S/C27H29FN8O2/c28-20-3-4-24(22(14-20)19-15-30-27(31-16-19)35-8-5-21(38)6-9-35)33-10-12-34(13-11-33)25(17-37)36-18-32-23-2-1-7-29-26(23)36/h1-4,7,14-18,21,25,38H,5-6,8-13H2. The second-order valence-electron chi connectivity index (χ2n) is 9.72. The van der Waals surface area contributed by atoms with Crippen LogP contribution in [-0.4, -0.2) is 86.2 Å². The number of aromatic nitrogens is 5. The number of fused-ring (bicyclic) bond motifs is 1. The summed E-state index contributed by atoms with van der Waals surface area (Å²) in [5.41, 5.74) is 3.80. The summed E-state index contributed by atoms with van der Waals surface area (Å²) in [5.74, 6) is 0.297. The summed E-state index contributed by atoms with van der Waals surface area (Å²) in [6.07, 6.45) is 8.40. The third-order valence-electron chi connectivity index (χ3n) is 7.42. The van der Waals surface area contributed by atoms with Crippen molar-refractivity contribution in [1.82, 2.24) is 29.4 Å². The van der Waals surface area contributed by atoms with E-state index in [1.54, 1.807) is 31.0 Å². The molecule has 0 spiro atoms. The van der Waals surface area contributed by atoms with Gasteiger partial charge >= 0.3 is 0 Å². The first-order chi connectivity index (χ1) is 18.6. The first kappa shape index (κ1) is 24.4. The minimum absolute atomic E-state index is 0.265. The first-order valence-electron chi connectivity index (χ1n) is 12.9. The maximum atomic E-state index is 14.4. The summed E-state index contributed by atoms with van der Waals surface area (Å²) < 4.78 is 16.2. The molecule has 6 rings (SSSR count). The Balaban J connectivity index is 1.19. The van der Waals surface area contributed by atoms with Gasteiger partial charge in [0.25, 0.3) is 0 Å². The molecule has 0 saturated carbocycles. The van der Waals surface area contributed by atoms with Crippen molar-refractivity contribution in [3.8, 4) is 11.1 Å². The molecule has 0 aliphatic carbocycles. The van der Waals surface area contributed by atoms with Gasteiger partial charge in [0.1, 0.15) is 17.5 Å². The number of piperidine rings is 1. The van der Waals surface area contributed by atoms with Gasteiger partial charge in [-0.2, -0.15) is 0 Å². The van der Waals surface area contributed by atoms with Crippen molar-refractivity contribution in [2.75, 3.05) is 49.1 Å². The summed E-state index contributed by atoms with van der Waals surface area (Å²) in [6.45, 7) is 4.04. The summed E-state index contributed by atoms with van der Waals surface area (Å²) in [5, 5.41) is 9.76. The molecule has 10 nitrogen and oxygen atoms in total. The van der Waals surface area contributed by atoms with Crippen LogP contribution in [-0.2, 0) is 4.79 Å². The maximum absolute atomic E-state index is 14.4. The zero-order chi connectivity index (χ0) is 26.1. The number of aliphatic hydroxyl groups excluding tert-OH is 1. The summed E-state index contributed by atoms with van der Waals surface area (Å²) >= 11 is 0. The fourth-order valence-electron chi connectivity index (χ4n) is 5.32. The number of rotatable bonds is 6. The number of halogens is 1. The molecule has 5 heterocycles. The third kappa shape index (κ3) is 4.70. The molecule has 0 amide bonds. The molecule has 1 aromatic carbocycles. The number of aldehydes is 1. The van der Waals surface area contributed by atoms with Crippen LogP contribution in [0.15, 0.2) is 55.2 Å². The topological polar surface area (TPSA) is 104 Å². The van der Waals surface area contributed by atoms with Gasteiger partial charge in [0.05, 0.1) is 12.4 Å². The van der Waals surface area contributed by atoms with Crippen molar-refractivity contribution in [2.24, 2.45) is 0 Å². The minimum atomic E-state index is -0.499. The van der Waals surface area contributed by atoms with Gasteiger partial charge in [-0.15, -0.1) is 0 Å². The number of hydrogen-bond acceptors (Lipinski definition) is 9. The number of carbonyl (C=O) groups excluding carboxylic acids is 1. The largest absolute Gasteiger partial charge is 0.393 e. The quantitative estimate of drug-likeness (QED) is 0.387. The molecule has 2 fully saturated rings. The van der Waals surface area contributed by atoms with E-state index in [-0.39, 0.29) is 11.9 Å². The van der Waals surface area contributed by atoms with E-state index >= 15 is 0 Å². The monoisotopic (exact) mass is 516 g/mol. The molecule has 1 unspecified atom stereocenters. The van der Waals surface area contributed by atoms with Crippen LogP contribution in [0, 0.1) is 5.82 Å². The molecule has 0 radical (unpaired) electrons. The van der Waals surface area contributed by atoms with Gasteiger partial charge in [0, 0.05) is 74.7 Å². The van der Waals surface area contributed by atoms with Crippen molar-refractivity contribution in [3.63, 3.8) is 0 Å². The lowest BCUT2D eigenvalue weighted by Gasteiger charge is -2.39. The number of imidazole rings is 1. The number of piperazine rings is 1. The van der Waals surface area contributed by atoms with Gasteiger partial charge in [-0.3, -0.25) is 14.3 Å². The highest BCUT2D eigenvalue weighted by molar-refractivity contribution is 5.78. The number of aliphatic hydroxyl groups is 1. The van der Waals surface area contributed by atoms with Crippen molar-refractivity contribution in [3.05, 3.63) is 61.1 Å². The maximum Gasteiger partial charge on any atom is 0.225 e. The molecule has 2 saturated heterocycles. The lowest BCUT2D eigenvalue weighted by atomic mass is 10.0. The van der Waals surface area contributed by atoms with Crippen LogP contribution < -0.4 is 9.80 Å². The lowest BCUT2D eigenvalue weighted by Crippen LogP contribution is -2.49. The summed E-state index contributed by atoms with van der Waals surface area (Å²) in [6, 6.07) is 8.49. The Bertz CT molecular complexity index is 1410. The molecule has 2 aliphatic rings. The zero-order valence-electron chi connectivity index (χ0n) is 20.9. The third-order valence-corrected chi connectivity index (χ3v) is 7.42. The molecule has 1 atom stereocenters. The van der Waals surface area contributed by atoms with Gasteiger partial charge in [-0.1, -0.05) is 0 Å². The van der Waals surface area contributed by atoms with Gasteiger partial charge in [0.2, 0.25) is 5.95 Å². The highest BCUT2D eigenvalue weighted by Gasteiger charge is 2.27. The van der Waals surface area contributed by atoms with Crippen molar-refractivity contribution >= 4 is 29.1 Å². The smallest absolute Gasteiger partial charge is 0.225 e. The van der Waals surface area contributed by atoms with Crippen LogP contribution in [0.4, 0.5) is 16.0 Å². The van der Waals surface area contributed by atoms with Crippen LogP contribution in [0.2, 0.25) is 0 Å². The number of carbonyl (C=O) groups is 1. The van der Waals surface area contributed by atoms with Crippen molar-refractivity contribution in [1.29, 1.82) is 0 Å². The van der Waals surface area contributed by atoms with E-state index in [4.69, 9.17) is 0 Å². The first-order valence-corrected chi connectivity index (χ1v) is 12.9. The second-order valence-corrected chi connectivity index (χ2v) is 9.72. The number of pyridine rings is 1. The minimum Gasteiger partial charge on any atom is -0.393 e. The predicted octanol–water partition coefficient (Wildman–Crippen LogP) is 2.51. The number of benzene rings is 1. The zero-order valence-corrected chi connectivity index (χ0v) is 20.9. The van der Waals surface area contributed by atoms with Crippen molar-refractivity contribution in [2.45, 2.75) is 25.1 Å². The molecule has 3 aromatic heterocycles.